The summed E-state index contributed by atoms with van der Waals surface area (Å²) in [4.78, 5) is 0. The quantitative estimate of drug-likeness (QED) is 0.813. The minimum Gasteiger partial charge on any atom is -0.381 e. The number of hydrogen-bond donors (Lipinski definition) is 1. The summed E-state index contributed by atoms with van der Waals surface area (Å²) in [5.74, 6) is 0.766. The van der Waals surface area contributed by atoms with E-state index in [-0.39, 0.29) is 0 Å². The van der Waals surface area contributed by atoms with Crippen LogP contribution in [0.25, 0.3) is 0 Å². The molecule has 0 bridgehead atoms. The smallest absolute Gasteiger partial charge is 0.0762 e. The average Bonchev–Trinajstić information content (AvgIpc) is 3.16. The van der Waals surface area contributed by atoms with Crippen LogP contribution in [0.2, 0.25) is 0 Å². The first kappa shape index (κ1) is 14.1. The number of nitrogens with one attached hydrogen (secondary N) is 1. The average molecular weight is 277 g/mol. The molecule has 0 spiro atoms. The molecule has 0 aromatic carbocycles. The second kappa shape index (κ2) is 7.23. The minimum absolute atomic E-state index is 0.646. The van der Waals surface area contributed by atoms with Gasteiger partial charge < -0.3 is 10.1 Å². The summed E-state index contributed by atoms with van der Waals surface area (Å²) in [6.45, 7) is 3.88. The Balaban J connectivity index is 1.38. The second-order valence-corrected chi connectivity index (χ2v) is 6.27. The Labute approximate surface area is 121 Å². The van der Waals surface area contributed by atoms with Crippen LogP contribution in [-0.2, 0) is 11.3 Å². The Kier molecular flexibility index (Phi) is 5.09. The zero-order valence-electron chi connectivity index (χ0n) is 12.4. The number of rotatable bonds is 6. The van der Waals surface area contributed by atoms with E-state index >= 15 is 0 Å². The lowest BCUT2D eigenvalue weighted by molar-refractivity contribution is 0.184. The van der Waals surface area contributed by atoms with Crippen LogP contribution in [0, 0.1) is 5.92 Å². The fourth-order valence-electron chi connectivity index (χ4n) is 3.35. The summed E-state index contributed by atoms with van der Waals surface area (Å²) in [6.07, 6.45) is 11.4. The molecule has 1 aromatic rings. The van der Waals surface area contributed by atoms with Crippen molar-refractivity contribution in [3.05, 3.63) is 18.0 Å². The Hall–Kier alpha value is -0.870. The van der Waals surface area contributed by atoms with Crippen LogP contribution < -0.4 is 5.32 Å². The molecule has 1 atom stereocenters. The second-order valence-electron chi connectivity index (χ2n) is 6.27. The highest BCUT2D eigenvalue weighted by molar-refractivity contribution is 4.99. The molecule has 1 unspecified atom stereocenters. The number of aromatic nitrogens is 2. The van der Waals surface area contributed by atoms with Crippen molar-refractivity contribution in [3.8, 4) is 0 Å². The van der Waals surface area contributed by atoms with Crippen molar-refractivity contribution < 1.29 is 4.74 Å². The molecule has 2 aliphatic rings. The van der Waals surface area contributed by atoms with Gasteiger partial charge in [-0.15, -0.1) is 0 Å². The number of hydrogen-bond acceptors (Lipinski definition) is 3. The van der Waals surface area contributed by atoms with Gasteiger partial charge in [0.05, 0.1) is 11.7 Å². The van der Waals surface area contributed by atoms with Gasteiger partial charge in [0.15, 0.2) is 0 Å². The van der Waals surface area contributed by atoms with E-state index < -0.39 is 0 Å². The molecule has 20 heavy (non-hydrogen) atoms. The minimum atomic E-state index is 0.646. The molecule has 112 valence electrons. The maximum Gasteiger partial charge on any atom is 0.0762 e. The first-order valence-corrected chi connectivity index (χ1v) is 8.24. The SMILES string of the molecule is c1cn(C2CCCCC2)nc1CNCCC1CCOC1. The molecule has 1 aromatic heterocycles. The van der Waals surface area contributed by atoms with Crippen LogP contribution >= 0.6 is 0 Å². The van der Waals surface area contributed by atoms with E-state index in [0.717, 1.165) is 32.2 Å². The summed E-state index contributed by atoms with van der Waals surface area (Å²) in [5.41, 5.74) is 1.18. The Morgan fingerprint density at radius 2 is 2.15 bits per heavy atom. The first-order chi connectivity index (χ1) is 9.92. The van der Waals surface area contributed by atoms with Gasteiger partial charge in [0.1, 0.15) is 0 Å². The standard InChI is InChI=1S/C16H27N3O/c1-2-4-16(5-3-1)19-10-7-15(18-19)12-17-9-6-14-8-11-20-13-14/h7,10,14,16-17H,1-6,8-9,11-13H2. The van der Waals surface area contributed by atoms with Crippen LogP contribution in [0.1, 0.15) is 56.7 Å². The summed E-state index contributed by atoms with van der Waals surface area (Å²) in [7, 11) is 0. The van der Waals surface area contributed by atoms with Gasteiger partial charge in [-0.25, -0.2) is 0 Å². The van der Waals surface area contributed by atoms with Crippen LogP contribution in [0.5, 0.6) is 0 Å². The maximum absolute atomic E-state index is 5.40. The van der Waals surface area contributed by atoms with Crippen LogP contribution in [0.15, 0.2) is 12.3 Å². The molecule has 0 radical (unpaired) electrons. The number of nitrogens with zero attached hydrogens (tertiary/aromatic N) is 2. The maximum atomic E-state index is 5.40. The highest BCUT2D eigenvalue weighted by Gasteiger charge is 2.16. The van der Waals surface area contributed by atoms with Crippen molar-refractivity contribution >= 4 is 0 Å². The van der Waals surface area contributed by atoms with Crippen molar-refractivity contribution in [2.45, 2.75) is 57.5 Å². The molecule has 2 heterocycles. The molecular formula is C16H27N3O. The summed E-state index contributed by atoms with van der Waals surface area (Å²) in [5, 5.41) is 8.25. The van der Waals surface area contributed by atoms with Gasteiger partial charge in [0.2, 0.25) is 0 Å². The van der Waals surface area contributed by atoms with Gasteiger partial charge in [0.25, 0.3) is 0 Å². The predicted molar refractivity (Wildman–Crippen MR) is 79.6 cm³/mol. The van der Waals surface area contributed by atoms with E-state index in [1.807, 2.05) is 0 Å². The van der Waals surface area contributed by atoms with Gasteiger partial charge in [0, 0.05) is 26.0 Å². The fourth-order valence-corrected chi connectivity index (χ4v) is 3.35. The predicted octanol–water partition coefficient (Wildman–Crippen LogP) is 2.90. The molecule has 1 N–H and O–H groups in total. The highest BCUT2D eigenvalue weighted by Crippen LogP contribution is 2.27. The van der Waals surface area contributed by atoms with Gasteiger partial charge in [-0.05, 0) is 44.2 Å². The zero-order chi connectivity index (χ0) is 13.6. The topological polar surface area (TPSA) is 39.1 Å². The largest absolute Gasteiger partial charge is 0.381 e. The third-order valence-corrected chi connectivity index (χ3v) is 4.67. The van der Waals surface area contributed by atoms with Gasteiger partial charge in [-0.2, -0.15) is 5.10 Å². The van der Waals surface area contributed by atoms with E-state index in [9.17, 15) is 0 Å². The van der Waals surface area contributed by atoms with Crippen molar-refractivity contribution in [2.75, 3.05) is 19.8 Å². The molecule has 3 rings (SSSR count). The van der Waals surface area contributed by atoms with E-state index in [1.165, 1.54) is 50.6 Å². The Morgan fingerprint density at radius 3 is 2.95 bits per heavy atom. The van der Waals surface area contributed by atoms with Crippen LogP contribution in [-0.4, -0.2) is 29.5 Å². The van der Waals surface area contributed by atoms with Crippen molar-refractivity contribution in [2.24, 2.45) is 5.92 Å². The highest BCUT2D eigenvalue weighted by atomic mass is 16.5. The van der Waals surface area contributed by atoms with Crippen molar-refractivity contribution in [3.63, 3.8) is 0 Å². The molecule has 1 aliphatic carbocycles. The van der Waals surface area contributed by atoms with Crippen LogP contribution in [0.4, 0.5) is 0 Å². The molecule has 4 nitrogen and oxygen atoms in total. The summed E-state index contributed by atoms with van der Waals surface area (Å²) < 4.78 is 7.59. The molecule has 1 saturated carbocycles. The first-order valence-electron chi connectivity index (χ1n) is 8.24. The zero-order valence-corrected chi connectivity index (χ0v) is 12.4. The van der Waals surface area contributed by atoms with Gasteiger partial charge in [-0.3, -0.25) is 4.68 Å². The third-order valence-electron chi connectivity index (χ3n) is 4.67. The Bertz CT molecular complexity index is 392. The van der Waals surface area contributed by atoms with E-state index in [0.29, 0.717) is 6.04 Å². The molecule has 0 amide bonds. The summed E-state index contributed by atoms with van der Waals surface area (Å²) in [6, 6.07) is 2.81. The van der Waals surface area contributed by atoms with Crippen molar-refractivity contribution in [1.29, 1.82) is 0 Å². The molecule has 4 heteroatoms. The van der Waals surface area contributed by atoms with E-state index in [1.54, 1.807) is 0 Å². The van der Waals surface area contributed by atoms with E-state index in [2.05, 4.69) is 22.3 Å². The number of ether oxygens (including phenoxy) is 1. The lowest BCUT2D eigenvalue weighted by Gasteiger charge is -2.21. The van der Waals surface area contributed by atoms with E-state index in [4.69, 9.17) is 9.84 Å². The normalized spacial score (nSPS) is 24.3. The molecule has 2 fully saturated rings. The molecule has 1 aliphatic heterocycles. The van der Waals surface area contributed by atoms with Gasteiger partial charge in [-0.1, -0.05) is 19.3 Å². The lowest BCUT2D eigenvalue weighted by atomic mass is 9.96. The molecule has 1 saturated heterocycles. The fraction of sp³-hybridized carbons (Fsp3) is 0.812. The molecular weight excluding hydrogens is 250 g/mol. The lowest BCUT2D eigenvalue weighted by Crippen LogP contribution is -2.19. The third kappa shape index (κ3) is 3.83. The monoisotopic (exact) mass is 277 g/mol. The summed E-state index contributed by atoms with van der Waals surface area (Å²) >= 11 is 0. The van der Waals surface area contributed by atoms with Gasteiger partial charge >= 0.3 is 0 Å². The van der Waals surface area contributed by atoms with Crippen LogP contribution in [0.3, 0.4) is 0 Å². The Morgan fingerprint density at radius 1 is 1.25 bits per heavy atom. The van der Waals surface area contributed by atoms with Crippen molar-refractivity contribution in [1.82, 2.24) is 15.1 Å².